The molecule has 11 nitrogen and oxygen atoms in total. The van der Waals surface area contributed by atoms with Crippen LogP contribution in [0.1, 0.15) is 11.1 Å². The molecule has 0 amide bonds. The number of alkyl halides is 6. The first-order valence-corrected chi connectivity index (χ1v) is 25.1. The Balaban J connectivity index is 0.000000211. The number of benzene rings is 6. The van der Waals surface area contributed by atoms with Gasteiger partial charge in [-0.15, -0.1) is 0 Å². The fraction of sp³-hybridized carbons (Fsp3) is 0.160. The zero-order valence-corrected chi connectivity index (χ0v) is 47.4. The summed E-state index contributed by atoms with van der Waals surface area (Å²) < 4.78 is 116. The molecule has 8 rings (SSSR count). The van der Waals surface area contributed by atoms with Crippen LogP contribution < -0.4 is 28.4 Å². The molecule has 2 aromatic heterocycles. The summed E-state index contributed by atoms with van der Waals surface area (Å²) in [6.45, 7) is 0. The van der Waals surface area contributed by atoms with Crippen molar-refractivity contribution in [1.29, 1.82) is 0 Å². The molecule has 0 unspecified atom stereocenters. The van der Waals surface area contributed by atoms with Gasteiger partial charge in [0.05, 0.1) is 65.0 Å². The summed E-state index contributed by atoms with van der Waals surface area (Å²) in [7, 11) is 8.89. The molecule has 0 aliphatic rings. The van der Waals surface area contributed by atoms with Crippen molar-refractivity contribution in [2.45, 2.75) is 12.4 Å². The van der Waals surface area contributed by atoms with Crippen LogP contribution in [0.25, 0.3) is 33.4 Å². The van der Waals surface area contributed by atoms with Crippen LogP contribution in [0, 0.1) is 0 Å². The summed E-state index contributed by atoms with van der Waals surface area (Å²) >= 11 is 17.5. The van der Waals surface area contributed by atoms with Crippen LogP contribution in [0.2, 0.25) is 0 Å². The predicted octanol–water partition coefficient (Wildman–Crippen LogP) is 17.3. The van der Waals surface area contributed by atoms with Crippen molar-refractivity contribution in [1.82, 2.24) is 0 Å². The number of methoxy groups -OCH3 is 6. The summed E-state index contributed by atoms with van der Waals surface area (Å²) in [5.74, 6) is 3.13. The fourth-order valence-electron chi connectivity index (χ4n) is 6.10. The zero-order chi connectivity index (χ0) is 54.4. The maximum Gasteiger partial charge on any atom is 0.420 e. The predicted molar refractivity (Wildman–Crippen MR) is 285 cm³/mol. The van der Waals surface area contributed by atoms with E-state index in [-0.39, 0.29) is 49.9 Å². The van der Waals surface area contributed by atoms with Gasteiger partial charge in [0, 0.05) is 16.5 Å². The molecule has 2 heterocycles. The highest BCUT2D eigenvalue weighted by molar-refractivity contribution is 9.11. The minimum Gasteiger partial charge on any atom is -0.508 e. The van der Waals surface area contributed by atoms with Gasteiger partial charge in [-0.25, -0.2) is 0 Å². The Hall–Kier alpha value is -5.46. The van der Waals surface area contributed by atoms with Gasteiger partial charge in [-0.2, -0.15) is 37.7 Å². The van der Waals surface area contributed by atoms with Gasteiger partial charge in [-0.3, -0.25) is 0 Å². The average molecular weight is 1360 g/mol. The molecule has 0 bridgehead atoms. The van der Waals surface area contributed by atoms with Gasteiger partial charge in [-0.05, 0) is 199 Å². The van der Waals surface area contributed by atoms with E-state index in [1.165, 1.54) is 49.8 Å². The second kappa shape index (κ2) is 27.2. The maximum atomic E-state index is 13.4. The normalized spacial score (nSPS) is 10.8. The van der Waals surface area contributed by atoms with Gasteiger partial charge < -0.3 is 53.3 Å². The molecule has 0 spiro atoms. The van der Waals surface area contributed by atoms with Crippen molar-refractivity contribution in [3.63, 3.8) is 0 Å². The number of fused-ring (bicyclic) bond motifs is 1. The van der Waals surface area contributed by atoms with Gasteiger partial charge in [0.2, 0.25) is 0 Å². The number of phenols is 4. The fourth-order valence-corrected chi connectivity index (χ4v) is 9.96. The summed E-state index contributed by atoms with van der Waals surface area (Å²) in [4.78, 5) is 0. The van der Waals surface area contributed by atoms with Crippen LogP contribution in [-0.2, 0) is 12.4 Å². The van der Waals surface area contributed by atoms with E-state index < -0.39 is 29.2 Å². The van der Waals surface area contributed by atoms with Crippen LogP contribution >= 0.6 is 91.0 Å². The van der Waals surface area contributed by atoms with Crippen molar-refractivity contribution < 1.29 is 79.6 Å². The first-order chi connectivity index (χ1) is 34.4. The molecule has 73 heavy (non-hydrogen) atoms. The largest absolute Gasteiger partial charge is 0.508 e. The van der Waals surface area contributed by atoms with E-state index >= 15 is 0 Å². The molecule has 0 fully saturated rings. The lowest BCUT2D eigenvalue weighted by molar-refractivity contribution is -0.139. The highest BCUT2D eigenvalue weighted by Gasteiger charge is 2.37. The second-order valence-electron chi connectivity index (χ2n) is 14.2. The first-order valence-electron chi connectivity index (χ1n) is 20.2. The molecule has 6 aromatic carbocycles. The average Bonchev–Trinajstić information content (AvgIpc) is 4.02. The lowest BCUT2D eigenvalue weighted by Gasteiger charge is -2.14. The first kappa shape index (κ1) is 60.1. The van der Waals surface area contributed by atoms with E-state index in [0.29, 0.717) is 37.5 Å². The Kier molecular flexibility index (Phi) is 22.4. The zero-order valence-electron chi connectivity index (χ0n) is 38.7. The molecule has 0 saturated heterocycles. The van der Waals surface area contributed by atoms with Gasteiger partial charge in [0.1, 0.15) is 80.0 Å². The SMILES string of the molecule is COc1cc(Br)c(O)c(Br)c1.COc1cc(Br)c(OC)c(Br)c1.COc1cc(Br)c(OC)c(C(F)(F)F)c1.COc1ccc(O)cc1.Oc1ccc(-c2oc3c(C(F)(F)F)cc(O)cc3c2-c2ccsc2)cc1. The molecular weight excluding hydrogens is 1320 g/mol. The molecule has 4 N–H and O–H groups in total. The number of furan rings is 1. The van der Waals surface area contributed by atoms with Crippen molar-refractivity contribution in [2.24, 2.45) is 0 Å². The Bertz CT molecular complexity index is 3020. The third kappa shape index (κ3) is 16.5. The van der Waals surface area contributed by atoms with E-state index in [1.807, 2.05) is 17.5 Å². The van der Waals surface area contributed by atoms with Crippen molar-refractivity contribution in [3.05, 3.63) is 147 Å². The van der Waals surface area contributed by atoms with E-state index in [0.717, 1.165) is 32.3 Å². The van der Waals surface area contributed by atoms with E-state index in [2.05, 4.69) is 84.4 Å². The van der Waals surface area contributed by atoms with Crippen LogP contribution in [0.4, 0.5) is 26.3 Å². The Morgan fingerprint density at radius 1 is 0.452 bits per heavy atom. The Labute approximate surface area is 460 Å². The lowest BCUT2D eigenvalue weighted by atomic mass is 9.99. The number of hydrogen-bond donors (Lipinski definition) is 4. The number of halogens is 11. The Morgan fingerprint density at radius 2 is 0.890 bits per heavy atom. The smallest absolute Gasteiger partial charge is 0.420 e. The minimum atomic E-state index is -4.67. The molecule has 23 heteroatoms. The molecule has 8 aromatic rings. The molecule has 0 aliphatic heterocycles. The van der Waals surface area contributed by atoms with E-state index in [4.69, 9.17) is 33.2 Å². The lowest BCUT2D eigenvalue weighted by Crippen LogP contribution is -2.08. The topological polar surface area (TPSA) is 149 Å². The van der Waals surface area contributed by atoms with E-state index in [1.54, 1.807) is 88.4 Å². The van der Waals surface area contributed by atoms with Crippen molar-refractivity contribution in [2.75, 3.05) is 42.7 Å². The van der Waals surface area contributed by atoms with Gasteiger partial charge >= 0.3 is 12.4 Å². The standard InChI is InChI=1S/C19H11F3O3S.C9H8BrF3O2.C8H8Br2O2.C7H6Br2O2.C7H8O2/c20-19(21,22)15-8-13(24)7-14-16(11-5-6-26-9-11)17(25-18(14)15)10-1-3-12(23)4-2-10;1-14-5-3-6(9(11,12)13)8(15-2)7(10)4-5;1-11-5-3-6(9)8(12-2)7(10)4-5;1-11-4-2-5(8)7(10)6(9)3-4;1-9-7-4-2-6(8)3-5-7/h1-9,23-24H;3-4H,1-2H3;3-4H,1-2H3;2-3,10H,1H3;2-5,8H,1H3. The maximum absolute atomic E-state index is 13.4. The van der Waals surface area contributed by atoms with Gasteiger partial charge in [-0.1, -0.05) is 0 Å². The van der Waals surface area contributed by atoms with Crippen LogP contribution in [0.3, 0.4) is 0 Å². The number of rotatable bonds is 8. The highest BCUT2D eigenvalue weighted by atomic mass is 79.9. The van der Waals surface area contributed by atoms with Crippen molar-refractivity contribution in [3.8, 4) is 79.9 Å². The summed E-state index contributed by atoms with van der Waals surface area (Å²) in [6.07, 6.45) is -9.14. The van der Waals surface area contributed by atoms with Crippen LogP contribution in [0.5, 0.6) is 57.5 Å². The summed E-state index contributed by atoms with van der Waals surface area (Å²) in [6, 6.07) is 25.7. The monoisotopic (exact) mass is 1360 g/mol. The third-order valence-corrected chi connectivity index (χ3v) is 13.2. The molecule has 0 atom stereocenters. The molecule has 0 saturated carbocycles. The molecule has 0 aliphatic carbocycles. The molecular formula is C50H41Br5F6O11S. The van der Waals surface area contributed by atoms with Gasteiger partial charge in [0.15, 0.2) is 0 Å². The van der Waals surface area contributed by atoms with E-state index in [9.17, 15) is 41.7 Å². The number of aromatic hydroxyl groups is 4. The minimum absolute atomic E-state index is 0.0376. The number of phenolic OH excluding ortho intramolecular Hbond substituents is 4. The van der Waals surface area contributed by atoms with Crippen LogP contribution in [0.15, 0.2) is 141 Å². The van der Waals surface area contributed by atoms with Crippen molar-refractivity contribution >= 4 is 102 Å². The third-order valence-electron chi connectivity index (χ3n) is 9.49. The summed E-state index contributed by atoms with van der Waals surface area (Å²) in [5.41, 5.74) is -0.554. The summed E-state index contributed by atoms with van der Waals surface area (Å²) in [5, 5.41) is 41.2. The van der Waals surface area contributed by atoms with Crippen LogP contribution in [-0.4, -0.2) is 63.1 Å². The second-order valence-corrected chi connectivity index (χ2v) is 19.2. The number of hydrogen-bond acceptors (Lipinski definition) is 12. The van der Waals surface area contributed by atoms with Gasteiger partial charge in [0.25, 0.3) is 0 Å². The quantitative estimate of drug-likeness (QED) is 0.108. The molecule has 390 valence electrons. The Morgan fingerprint density at radius 3 is 1.32 bits per heavy atom. The number of thiophene rings is 1. The molecule has 0 radical (unpaired) electrons. The number of ether oxygens (including phenoxy) is 6. The highest BCUT2D eigenvalue weighted by Crippen LogP contribution is 2.48.